The van der Waals surface area contributed by atoms with Crippen molar-refractivity contribution in [2.24, 2.45) is 0 Å². The van der Waals surface area contributed by atoms with Gasteiger partial charge in [0.1, 0.15) is 17.3 Å². The van der Waals surface area contributed by atoms with Crippen molar-refractivity contribution >= 4 is 11.6 Å². The molecule has 1 aliphatic rings. The lowest BCUT2D eigenvalue weighted by Gasteiger charge is -2.37. The summed E-state index contributed by atoms with van der Waals surface area (Å²) in [5.41, 5.74) is 1.75. The molecule has 1 amide bonds. The van der Waals surface area contributed by atoms with Gasteiger partial charge in [-0.15, -0.1) is 0 Å². The lowest BCUT2D eigenvalue weighted by atomic mass is 10.0. The third-order valence-corrected chi connectivity index (χ3v) is 5.66. The Hall–Kier alpha value is -2.80. The number of piperazine rings is 1. The van der Waals surface area contributed by atoms with E-state index < -0.39 is 0 Å². The van der Waals surface area contributed by atoms with Gasteiger partial charge >= 0.3 is 0 Å². The van der Waals surface area contributed by atoms with Crippen molar-refractivity contribution in [3.05, 3.63) is 53.8 Å². The van der Waals surface area contributed by atoms with Gasteiger partial charge in [0.05, 0.1) is 12.6 Å². The van der Waals surface area contributed by atoms with Crippen LogP contribution in [0.15, 0.2) is 42.5 Å². The van der Waals surface area contributed by atoms with Gasteiger partial charge in [-0.2, -0.15) is 0 Å². The second-order valence-electron chi connectivity index (χ2n) is 8.02. The number of anilines is 1. The summed E-state index contributed by atoms with van der Waals surface area (Å²) in [5.74, 6) is 0.807. The third-order valence-electron chi connectivity index (χ3n) is 5.66. The van der Waals surface area contributed by atoms with E-state index in [9.17, 15) is 9.18 Å². The number of hydrogen-bond donors (Lipinski definition) is 1. The van der Waals surface area contributed by atoms with Crippen molar-refractivity contribution in [1.82, 2.24) is 10.2 Å². The molecule has 3 rings (SSSR count). The molecule has 7 heteroatoms. The molecule has 1 aliphatic heterocycles. The van der Waals surface area contributed by atoms with E-state index >= 15 is 0 Å². The number of likely N-dealkylation sites (N-methyl/N-ethyl adjacent to an activating group) is 1. The highest BCUT2D eigenvalue weighted by molar-refractivity contribution is 5.78. The first kappa shape index (κ1) is 23.9. The normalized spacial score (nSPS) is 15.3. The highest BCUT2D eigenvalue weighted by Crippen LogP contribution is 2.28. The van der Waals surface area contributed by atoms with Crippen LogP contribution >= 0.6 is 0 Å². The number of carbonyl (C=O) groups excluding carboxylic acids is 1. The van der Waals surface area contributed by atoms with Crippen LogP contribution in [-0.4, -0.2) is 56.7 Å². The molecule has 0 aromatic heterocycles. The smallest absolute Gasteiger partial charge is 0.258 e. The average Bonchev–Trinajstić information content (AvgIpc) is 2.82. The molecule has 1 atom stereocenters. The summed E-state index contributed by atoms with van der Waals surface area (Å²) in [6.45, 7) is 11.4. The van der Waals surface area contributed by atoms with Crippen LogP contribution in [0.1, 0.15) is 38.8 Å². The molecule has 6 nitrogen and oxygen atoms in total. The predicted octanol–water partition coefficient (Wildman–Crippen LogP) is 4.01. The molecule has 0 aliphatic carbocycles. The number of hydrogen-bond acceptors (Lipinski definition) is 5. The standard InChI is InChI=1S/C25H34FN3O3/c1-4-16-31-21-7-9-22(10-8-21)32-18-25(30)27-19(3)23-17-20(26)6-11-24(23)29-14-12-28(5-2)13-15-29/h6-11,17,19H,4-5,12-16,18H2,1-3H3,(H,27,30). The monoisotopic (exact) mass is 443 g/mol. The van der Waals surface area contributed by atoms with E-state index in [4.69, 9.17) is 9.47 Å². The van der Waals surface area contributed by atoms with E-state index in [-0.39, 0.29) is 24.4 Å². The lowest BCUT2D eigenvalue weighted by Crippen LogP contribution is -2.46. The lowest BCUT2D eigenvalue weighted by molar-refractivity contribution is -0.123. The second-order valence-corrected chi connectivity index (χ2v) is 8.02. The molecule has 1 fully saturated rings. The van der Waals surface area contributed by atoms with Crippen molar-refractivity contribution in [3.63, 3.8) is 0 Å². The van der Waals surface area contributed by atoms with Crippen LogP contribution < -0.4 is 19.7 Å². The summed E-state index contributed by atoms with van der Waals surface area (Å²) >= 11 is 0. The molecule has 0 saturated carbocycles. The van der Waals surface area contributed by atoms with Crippen LogP contribution in [0.2, 0.25) is 0 Å². The van der Waals surface area contributed by atoms with E-state index in [1.165, 1.54) is 12.1 Å². The number of amides is 1. The topological polar surface area (TPSA) is 54.0 Å². The largest absolute Gasteiger partial charge is 0.494 e. The Bertz CT molecular complexity index is 867. The van der Waals surface area contributed by atoms with E-state index in [2.05, 4.69) is 29.0 Å². The molecule has 0 bridgehead atoms. The molecule has 1 heterocycles. The van der Waals surface area contributed by atoms with Crippen molar-refractivity contribution in [2.45, 2.75) is 33.2 Å². The number of halogens is 1. The zero-order chi connectivity index (χ0) is 22.9. The Balaban J connectivity index is 1.57. The zero-order valence-corrected chi connectivity index (χ0v) is 19.3. The predicted molar refractivity (Wildman–Crippen MR) is 125 cm³/mol. The highest BCUT2D eigenvalue weighted by Gasteiger charge is 2.22. The van der Waals surface area contributed by atoms with Crippen molar-refractivity contribution in [1.29, 1.82) is 0 Å². The minimum absolute atomic E-state index is 0.112. The van der Waals surface area contributed by atoms with Crippen molar-refractivity contribution in [2.75, 3.05) is 50.8 Å². The van der Waals surface area contributed by atoms with Gasteiger partial charge < -0.3 is 24.6 Å². The molecular formula is C25H34FN3O3. The Morgan fingerprint density at radius 3 is 2.31 bits per heavy atom. The van der Waals surface area contributed by atoms with Gasteiger partial charge in [-0.1, -0.05) is 13.8 Å². The second kappa shape index (κ2) is 11.7. The van der Waals surface area contributed by atoms with Gasteiger partial charge in [-0.05, 0) is 62.4 Å². The Morgan fingerprint density at radius 2 is 1.69 bits per heavy atom. The molecule has 2 aromatic rings. The summed E-state index contributed by atoms with van der Waals surface area (Å²) in [5, 5.41) is 2.94. The van der Waals surface area contributed by atoms with Crippen LogP contribution in [0, 0.1) is 5.82 Å². The van der Waals surface area contributed by atoms with Gasteiger partial charge in [0.2, 0.25) is 0 Å². The molecule has 1 N–H and O–H groups in total. The summed E-state index contributed by atoms with van der Waals surface area (Å²) in [6, 6.07) is 11.7. The van der Waals surface area contributed by atoms with E-state index in [1.807, 2.05) is 25.1 Å². The number of benzene rings is 2. The van der Waals surface area contributed by atoms with E-state index in [0.717, 1.165) is 56.1 Å². The van der Waals surface area contributed by atoms with E-state index in [1.54, 1.807) is 12.1 Å². The van der Waals surface area contributed by atoms with Gasteiger partial charge in [0.25, 0.3) is 5.91 Å². The number of ether oxygens (including phenoxy) is 2. The maximum Gasteiger partial charge on any atom is 0.258 e. The molecule has 32 heavy (non-hydrogen) atoms. The molecule has 0 radical (unpaired) electrons. The van der Waals surface area contributed by atoms with Crippen LogP contribution in [0.3, 0.4) is 0 Å². The highest BCUT2D eigenvalue weighted by atomic mass is 19.1. The molecule has 1 saturated heterocycles. The third kappa shape index (κ3) is 6.60. The molecular weight excluding hydrogens is 409 g/mol. The first-order valence-corrected chi connectivity index (χ1v) is 11.4. The van der Waals surface area contributed by atoms with Crippen LogP contribution in [0.4, 0.5) is 10.1 Å². The fourth-order valence-corrected chi connectivity index (χ4v) is 3.83. The number of rotatable bonds is 10. The molecule has 174 valence electrons. The Morgan fingerprint density at radius 1 is 1.03 bits per heavy atom. The fourth-order valence-electron chi connectivity index (χ4n) is 3.83. The van der Waals surface area contributed by atoms with Crippen LogP contribution in [0.25, 0.3) is 0 Å². The van der Waals surface area contributed by atoms with Crippen LogP contribution in [-0.2, 0) is 4.79 Å². The maximum absolute atomic E-state index is 14.0. The first-order chi connectivity index (χ1) is 15.5. The summed E-state index contributed by atoms with van der Waals surface area (Å²) in [7, 11) is 0. The maximum atomic E-state index is 14.0. The molecule has 2 aromatic carbocycles. The van der Waals surface area contributed by atoms with Gasteiger partial charge in [-0.25, -0.2) is 4.39 Å². The average molecular weight is 444 g/mol. The SMILES string of the molecule is CCCOc1ccc(OCC(=O)NC(C)c2cc(F)ccc2N2CCN(CC)CC2)cc1. The summed E-state index contributed by atoms with van der Waals surface area (Å²) < 4.78 is 25.2. The summed E-state index contributed by atoms with van der Waals surface area (Å²) in [6.07, 6.45) is 0.943. The molecule has 0 spiro atoms. The van der Waals surface area contributed by atoms with Crippen molar-refractivity contribution in [3.8, 4) is 11.5 Å². The van der Waals surface area contributed by atoms with E-state index in [0.29, 0.717) is 12.4 Å². The molecule has 1 unspecified atom stereocenters. The van der Waals surface area contributed by atoms with Gasteiger partial charge in [0.15, 0.2) is 6.61 Å². The number of carbonyl (C=O) groups is 1. The minimum atomic E-state index is -0.342. The Labute approximate surface area is 190 Å². The number of nitrogens with zero attached hydrogens (tertiary/aromatic N) is 2. The quantitative estimate of drug-likeness (QED) is 0.601. The van der Waals surface area contributed by atoms with Crippen LogP contribution in [0.5, 0.6) is 11.5 Å². The van der Waals surface area contributed by atoms with Crippen molar-refractivity contribution < 1.29 is 18.7 Å². The van der Waals surface area contributed by atoms with Gasteiger partial charge in [-0.3, -0.25) is 4.79 Å². The zero-order valence-electron chi connectivity index (χ0n) is 19.3. The first-order valence-electron chi connectivity index (χ1n) is 11.4. The fraction of sp³-hybridized carbons (Fsp3) is 0.480. The summed E-state index contributed by atoms with van der Waals surface area (Å²) in [4.78, 5) is 17.1. The Kier molecular flexibility index (Phi) is 8.73. The number of nitrogens with one attached hydrogen (secondary N) is 1. The minimum Gasteiger partial charge on any atom is -0.494 e. The van der Waals surface area contributed by atoms with Gasteiger partial charge in [0, 0.05) is 37.4 Å².